The van der Waals surface area contributed by atoms with E-state index in [1.807, 2.05) is 57.2 Å². The van der Waals surface area contributed by atoms with Gasteiger partial charge in [0.05, 0.1) is 6.42 Å². The Labute approximate surface area is 158 Å². The summed E-state index contributed by atoms with van der Waals surface area (Å²) in [7, 11) is 0. The van der Waals surface area contributed by atoms with Gasteiger partial charge in [0.15, 0.2) is 6.10 Å². The molecule has 2 N–H and O–H groups in total. The van der Waals surface area contributed by atoms with Gasteiger partial charge in [-0.15, -0.1) is 0 Å². The van der Waals surface area contributed by atoms with Gasteiger partial charge in [-0.25, -0.2) is 0 Å². The summed E-state index contributed by atoms with van der Waals surface area (Å²) in [4.78, 5) is 27.9. The van der Waals surface area contributed by atoms with E-state index in [1.165, 1.54) is 0 Å². The summed E-state index contributed by atoms with van der Waals surface area (Å²) < 4.78 is 5.35. The van der Waals surface area contributed by atoms with Crippen molar-refractivity contribution in [2.24, 2.45) is 0 Å². The molecule has 0 saturated heterocycles. The predicted octanol–water partition coefficient (Wildman–Crippen LogP) is 4.21. The molecule has 0 aliphatic rings. The van der Waals surface area contributed by atoms with Crippen molar-refractivity contribution in [3.05, 3.63) is 64.8 Å². The number of para-hydroxylation sites is 1. The van der Waals surface area contributed by atoms with Crippen LogP contribution in [0.15, 0.2) is 42.6 Å². The van der Waals surface area contributed by atoms with Crippen LogP contribution in [0.25, 0.3) is 10.9 Å². The summed E-state index contributed by atoms with van der Waals surface area (Å²) in [6, 6.07) is 11.8. The first-order chi connectivity index (χ1) is 12.8. The number of benzene rings is 2. The molecule has 1 atom stereocenters. The third-order valence-electron chi connectivity index (χ3n) is 4.61. The molecule has 0 aliphatic carbocycles. The number of H-pyrrole nitrogens is 1. The number of anilines is 1. The minimum Gasteiger partial charge on any atom is -0.452 e. The zero-order valence-corrected chi connectivity index (χ0v) is 16.1. The van der Waals surface area contributed by atoms with Gasteiger partial charge in [-0.3, -0.25) is 9.59 Å². The Morgan fingerprint density at radius 3 is 2.48 bits per heavy atom. The average molecular weight is 364 g/mol. The van der Waals surface area contributed by atoms with Crippen molar-refractivity contribution in [3.63, 3.8) is 0 Å². The van der Waals surface area contributed by atoms with E-state index in [0.717, 1.165) is 38.8 Å². The van der Waals surface area contributed by atoms with Gasteiger partial charge in [-0.2, -0.15) is 0 Å². The Bertz CT molecular complexity index is 981. The lowest BCUT2D eigenvalue weighted by Crippen LogP contribution is -2.31. The fraction of sp³-hybridized carbons (Fsp3) is 0.273. The Morgan fingerprint density at radius 2 is 1.78 bits per heavy atom. The molecule has 3 aromatic rings. The van der Waals surface area contributed by atoms with E-state index in [9.17, 15) is 9.59 Å². The molecule has 0 radical (unpaired) electrons. The number of nitrogens with one attached hydrogen (secondary N) is 2. The molecule has 0 spiro atoms. The fourth-order valence-corrected chi connectivity index (χ4v) is 3.33. The van der Waals surface area contributed by atoms with E-state index in [4.69, 9.17) is 4.74 Å². The summed E-state index contributed by atoms with van der Waals surface area (Å²) in [5.41, 5.74) is 5.70. The lowest BCUT2D eigenvalue weighted by molar-refractivity contribution is -0.152. The number of carbonyl (C=O) groups excluding carboxylic acids is 2. The van der Waals surface area contributed by atoms with Crippen LogP contribution in [0.4, 0.5) is 5.69 Å². The molecule has 1 aromatic heterocycles. The van der Waals surface area contributed by atoms with Crippen LogP contribution in [0.1, 0.15) is 29.2 Å². The fourth-order valence-electron chi connectivity index (χ4n) is 3.33. The van der Waals surface area contributed by atoms with Crippen molar-refractivity contribution in [1.29, 1.82) is 0 Å². The second-order valence-corrected chi connectivity index (χ2v) is 6.93. The molecule has 140 valence electrons. The maximum absolute atomic E-state index is 12.5. The van der Waals surface area contributed by atoms with E-state index in [-0.39, 0.29) is 12.3 Å². The van der Waals surface area contributed by atoms with Crippen molar-refractivity contribution in [2.45, 2.75) is 40.2 Å². The largest absolute Gasteiger partial charge is 0.452 e. The van der Waals surface area contributed by atoms with Gasteiger partial charge < -0.3 is 15.0 Å². The second kappa shape index (κ2) is 7.66. The van der Waals surface area contributed by atoms with Gasteiger partial charge >= 0.3 is 5.97 Å². The number of hydrogen-bond donors (Lipinski definition) is 2. The number of aromatic amines is 1. The van der Waals surface area contributed by atoms with E-state index in [2.05, 4.69) is 10.3 Å². The molecule has 3 rings (SSSR count). The molecule has 1 heterocycles. The van der Waals surface area contributed by atoms with Gasteiger partial charge in [0.2, 0.25) is 0 Å². The maximum Gasteiger partial charge on any atom is 0.311 e. The van der Waals surface area contributed by atoms with Crippen LogP contribution in [-0.2, 0) is 20.7 Å². The van der Waals surface area contributed by atoms with Gasteiger partial charge in [0, 0.05) is 22.8 Å². The number of hydrogen-bond acceptors (Lipinski definition) is 3. The van der Waals surface area contributed by atoms with E-state index < -0.39 is 12.1 Å². The number of aryl methyl sites for hydroxylation is 3. The van der Waals surface area contributed by atoms with Crippen LogP contribution in [0.2, 0.25) is 0 Å². The predicted molar refractivity (Wildman–Crippen MR) is 107 cm³/mol. The number of fused-ring (bicyclic) bond motifs is 1. The highest BCUT2D eigenvalue weighted by Crippen LogP contribution is 2.22. The molecule has 0 saturated carbocycles. The number of amides is 1. The van der Waals surface area contributed by atoms with E-state index in [1.54, 1.807) is 13.1 Å². The summed E-state index contributed by atoms with van der Waals surface area (Å²) in [6.45, 7) is 7.49. The van der Waals surface area contributed by atoms with Crippen LogP contribution < -0.4 is 5.32 Å². The van der Waals surface area contributed by atoms with Crippen molar-refractivity contribution in [2.75, 3.05) is 5.32 Å². The smallest absolute Gasteiger partial charge is 0.311 e. The summed E-state index contributed by atoms with van der Waals surface area (Å²) >= 11 is 0. The molecule has 0 unspecified atom stereocenters. The molecule has 5 nitrogen and oxygen atoms in total. The molecule has 0 aliphatic heterocycles. The number of ether oxygens (including phenoxy) is 1. The molecule has 0 fully saturated rings. The number of esters is 1. The van der Waals surface area contributed by atoms with Gasteiger partial charge in [-0.05, 0) is 50.5 Å². The summed E-state index contributed by atoms with van der Waals surface area (Å²) in [5.74, 6) is -0.767. The van der Waals surface area contributed by atoms with Crippen molar-refractivity contribution in [3.8, 4) is 0 Å². The quantitative estimate of drug-likeness (QED) is 0.666. The zero-order valence-electron chi connectivity index (χ0n) is 16.1. The monoisotopic (exact) mass is 364 g/mol. The van der Waals surface area contributed by atoms with Crippen molar-refractivity contribution in [1.82, 2.24) is 4.98 Å². The van der Waals surface area contributed by atoms with Crippen molar-refractivity contribution < 1.29 is 14.3 Å². The third-order valence-corrected chi connectivity index (χ3v) is 4.61. The van der Waals surface area contributed by atoms with Crippen LogP contribution in [-0.4, -0.2) is 23.0 Å². The zero-order chi connectivity index (χ0) is 19.6. The lowest BCUT2D eigenvalue weighted by Gasteiger charge is -2.17. The molecule has 1 amide bonds. The topological polar surface area (TPSA) is 71.2 Å². The molecule has 0 bridgehead atoms. The molecule has 5 heteroatoms. The Hall–Kier alpha value is -3.08. The van der Waals surface area contributed by atoms with Crippen LogP contribution >= 0.6 is 0 Å². The number of carbonyl (C=O) groups is 2. The molecule has 2 aromatic carbocycles. The van der Waals surface area contributed by atoms with Crippen LogP contribution in [0.3, 0.4) is 0 Å². The van der Waals surface area contributed by atoms with Crippen LogP contribution in [0, 0.1) is 20.8 Å². The summed E-state index contributed by atoms with van der Waals surface area (Å²) in [5, 5.41) is 3.86. The maximum atomic E-state index is 12.5. The number of rotatable bonds is 5. The van der Waals surface area contributed by atoms with Crippen molar-refractivity contribution >= 4 is 28.5 Å². The third kappa shape index (κ3) is 4.19. The number of aromatic nitrogens is 1. The van der Waals surface area contributed by atoms with E-state index >= 15 is 0 Å². The van der Waals surface area contributed by atoms with E-state index in [0.29, 0.717) is 0 Å². The molecule has 27 heavy (non-hydrogen) atoms. The Kier molecular flexibility index (Phi) is 5.31. The van der Waals surface area contributed by atoms with Gasteiger partial charge in [-0.1, -0.05) is 35.9 Å². The minimum absolute atomic E-state index is 0.115. The highest BCUT2D eigenvalue weighted by Gasteiger charge is 2.20. The lowest BCUT2D eigenvalue weighted by atomic mass is 10.0. The average Bonchev–Trinajstić information content (AvgIpc) is 3.00. The van der Waals surface area contributed by atoms with Crippen LogP contribution in [0.5, 0.6) is 0 Å². The minimum atomic E-state index is -0.872. The SMILES string of the molecule is Cc1cc(C)c(NC(=O)[C@@H](C)OC(=O)Cc2c[nH]c3ccccc23)c(C)c1. The van der Waals surface area contributed by atoms with Gasteiger partial charge in [0.25, 0.3) is 5.91 Å². The Morgan fingerprint density at radius 1 is 1.11 bits per heavy atom. The first kappa shape index (κ1) is 18.7. The first-order valence-corrected chi connectivity index (χ1v) is 8.98. The summed E-state index contributed by atoms with van der Waals surface area (Å²) in [6.07, 6.45) is 1.04. The second-order valence-electron chi connectivity index (χ2n) is 6.93. The highest BCUT2D eigenvalue weighted by molar-refractivity contribution is 5.96. The Balaban J connectivity index is 1.63. The molecular weight excluding hydrogens is 340 g/mol. The highest BCUT2D eigenvalue weighted by atomic mass is 16.5. The standard InChI is InChI=1S/C22H24N2O3/c1-13-9-14(2)21(15(3)10-13)24-22(26)16(4)27-20(25)11-17-12-23-19-8-6-5-7-18(17)19/h5-10,12,16,23H,11H2,1-4H3,(H,24,26)/t16-/m1/s1. The van der Waals surface area contributed by atoms with Gasteiger partial charge in [0.1, 0.15) is 0 Å². The molecular formula is C22H24N2O3. The first-order valence-electron chi connectivity index (χ1n) is 8.98. The normalized spacial score (nSPS) is 12.0.